The van der Waals surface area contributed by atoms with Crippen molar-refractivity contribution in [3.05, 3.63) is 138 Å². The number of carboxylic acids is 2. The second-order valence-corrected chi connectivity index (χ2v) is 12.4. The van der Waals surface area contributed by atoms with E-state index in [1.165, 1.54) is 60.3 Å². The van der Waals surface area contributed by atoms with Crippen molar-refractivity contribution < 1.29 is 29.4 Å². The maximum Gasteiger partial charge on any atom is 0.335 e. The number of hydrogen-bond acceptors (Lipinski definition) is 5. The molecule has 4 aromatic rings. The predicted octanol–water partition coefficient (Wildman–Crippen LogP) is 8.51. The van der Waals surface area contributed by atoms with Gasteiger partial charge in [0, 0.05) is 35.0 Å². The van der Waals surface area contributed by atoms with Crippen LogP contribution in [0.1, 0.15) is 43.0 Å². The molecule has 0 aliphatic rings. The van der Waals surface area contributed by atoms with Gasteiger partial charge in [0.25, 0.3) is 0 Å². The van der Waals surface area contributed by atoms with Crippen molar-refractivity contribution in [2.24, 2.45) is 0 Å². The Balaban J connectivity index is 1.34. The molecule has 0 saturated carbocycles. The number of carboxylic acid groups (broad SMARTS) is 2. The lowest BCUT2D eigenvalue weighted by Gasteiger charge is -2.11. The molecule has 0 spiro atoms. The number of hydrogen-bond donors (Lipinski definition) is 4. The van der Waals surface area contributed by atoms with E-state index in [0.717, 1.165) is 11.1 Å². The maximum atomic E-state index is 12.3. The molecule has 0 aromatic heterocycles. The van der Waals surface area contributed by atoms with Crippen LogP contribution in [0.25, 0.3) is 12.2 Å². The summed E-state index contributed by atoms with van der Waals surface area (Å²) in [5.41, 5.74) is 2.83. The Hall–Kier alpha value is -4.25. The number of amides is 2. The molecule has 0 aliphatic heterocycles. The smallest absolute Gasteiger partial charge is 0.335 e. The first-order valence-electron chi connectivity index (χ1n) is 13.6. The first-order chi connectivity index (χ1) is 22.4. The van der Waals surface area contributed by atoms with Gasteiger partial charge in [-0.25, -0.2) is 9.59 Å². The lowest BCUT2D eigenvalue weighted by molar-refractivity contribution is -0.117. The van der Waals surface area contributed by atoms with Gasteiger partial charge in [0.05, 0.1) is 31.2 Å². The first-order valence-corrected chi connectivity index (χ1v) is 16.0. The van der Waals surface area contributed by atoms with Gasteiger partial charge in [-0.3, -0.25) is 9.59 Å². The zero-order valence-corrected chi connectivity index (χ0v) is 27.9. The van der Waals surface area contributed by atoms with E-state index < -0.39 is 11.9 Å². The van der Waals surface area contributed by atoms with Crippen LogP contribution in [0.2, 0.25) is 20.1 Å². The van der Waals surface area contributed by atoms with Crippen LogP contribution in [0.15, 0.2) is 94.7 Å². The Bertz CT molecular complexity index is 1760. The summed E-state index contributed by atoms with van der Waals surface area (Å²) in [5.74, 6) is -2.80. The Labute approximate surface area is 294 Å². The van der Waals surface area contributed by atoms with E-state index >= 15 is 0 Å². The van der Waals surface area contributed by atoms with E-state index in [0.29, 0.717) is 20.9 Å². The van der Waals surface area contributed by atoms with Crippen molar-refractivity contribution in [2.45, 2.75) is 22.9 Å². The molecule has 4 N–H and O–H groups in total. The van der Waals surface area contributed by atoms with Crippen LogP contribution in [0, 0.1) is 0 Å². The van der Waals surface area contributed by atoms with Crippen LogP contribution < -0.4 is 10.6 Å². The zero-order chi connectivity index (χ0) is 34.1. The van der Waals surface area contributed by atoms with Crippen LogP contribution in [0.3, 0.4) is 0 Å². The van der Waals surface area contributed by atoms with Crippen LogP contribution in [0.5, 0.6) is 0 Å². The molecule has 0 unspecified atom stereocenters. The highest BCUT2D eigenvalue weighted by Crippen LogP contribution is 2.44. The van der Waals surface area contributed by atoms with Gasteiger partial charge in [0.15, 0.2) is 0 Å². The van der Waals surface area contributed by atoms with Crippen LogP contribution in [-0.2, 0) is 22.7 Å². The highest BCUT2D eigenvalue weighted by molar-refractivity contribution is 7.99. The van der Waals surface area contributed by atoms with Gasteiger partial charge in [-0.05, 0) is 70.8 Å². The van der Waals surface area contributed by atoms with Gasteiger partial charge in [-0.2, -0.15) is 0 Å². The Kier molecular flexibility index (Phi) is 12.5. The molecule has 47 heavy (non-hydrogen) atoms. The first kappa shape index (κ1) is 35.6. The minimum Gasteiger partial charge on any atom is -0.478 e. The summed E-state index contributed by atoms with van der Waals surface area (Å²) in [6, 6.07) is 19.2. The molecule has 2 amide bonds. The topological polar surface area (TPSA) is 133 Å². The van der Waals surface area contributed by atoms with E-state index in [9.17, 15) is 19.2 Å². The summed E-state index contributed by atoms with van der Waals surface area (Å²) in [6.07, 6.45) is 5.69. The lowest BCUT2D eigenvalue weighted by atomic mass is 10.1. The zero-order valence-electron chi connectivity index (χ0n) is 24.1. The van der Waals surface area contributed by atoms with Crippen molar-refractivity contribution >= 4 is 94.1 Å². The summed E-state index contributed by atoms with van der Waals surface area (Å²) < 4.78 is 0. The second kappa shape index (κ2) is 16.5. The third-order valence-corrected chi connectivity index (χ3v) is 9.67. The Morgan fingerprint density at radius 3 is 1.26 bits per heavy atom. The molecule has 0 bridgehead atoms. The van der Waals surface area contributed by atoms with Crippen LogP contribution in [0.4, 0.5) is 0 Å². The van der Waals surface area contributed by atoms with Crippen molar-refractivity contribution in [2.75, 3.05) is 0 Å². The number of nitrogens with one attached hydrogen (secondary N) is 2. The fourth-order valence-corrected chi connectivity index (χ4v) is 6.02. The largest absolute Gasteiger partial charge is 0.478 e. The van der Waals surface area contributed by atoms with Gasteiger partial charge in [0.2, 0.25) is 11.8 Å². The normalized spacial score (nSPS) is 11.1. The minimum atomic E-state index is -1.03. The summed E-state index contributed by atoms with van der Waals surface area (Å²) in [5, 5.41) is 24.4. The number of benzene rings is 4. The molecule has 0 saturated heterocycles. The number of aromatic carboxylic acids is 2. The second-order valence-electron chi connectivity index (χ2n) is 9.77. The van der Waals surface area contributed by atoms with E-state index in [-0.39, 0.29) is 56.1 Å². The summed E-state index contributed by atoms with van der Waals surface area (Å²) >= 11 is 27.4. The maximum absolute atomic E-state index is 12.3. The fraction of sp³-hybridized carbons (Fsp3) is 0.0588. The van der Waals surface area contributed by atoms with E-state index in [2.05, 4.69) is 10.6 Å². The van der Waals surface area contributed by atoms with E-state index in [4.69, 9.17) is 56.6 Å². The summed E-state index contributed by atoms with van der Waals surface area (Å²) in [7, 11) is 0. The van der Waals surface area contributed by atoms with Crippen molar-refractivity contribution in [1.29, 1.82) is 0 Å². The van der Waals surface area contributed by atoms with Gasteiger partial charge in [-0.1, -0.05) is 94.6 Å². The van der Waals surface area contributed by atoms with Gasteiger partial charge in [-0.15, -0.1) is 0 Å². The molecule has 0 radical (unpaired) electrons. The lowest BCUT2D eigenvalue weighted by Crippen LogP contribution is -2.20. The van der Waals surface area contributed by atoms with Crippen LogP contribution >= 0.6 is 58.2 Å². The monoisotopic (exact) mass is 728 g/mol. The van der Waals surface area contributed by atoms with Gasteiger partial charge in [0.1, 0.15) is 0 Å². The quantitative estimate of drug-likeness (QED) is 0.108. The predicted molar refractivity (Wildman–Crippen MR) is 186 cm³/mol. The molecule has 4 rings (SSSR count). The molecular weight excluding hydrogens is 706 g/mol. The third-order valence-electron chi connectivity index (χ3n) is 6.54. The fourth-order valence-electron chi connectivity index (χ4n) is 3.98. The molecule has 0 heterocycles. The minimum absolute atomic E-state index is 0.159. The average Bonchev–Trinajstić information content (AvgIpc) is 3.06. The van der Waals surface area contributed by atoms with Gasteiger partial charge < -0.3 is 20.8 Å². The van der Waals surface area contributed by atoms with E-state index in [1.54, 1.807) is 48.5 Å². The molecular formula is C34H24Cl4N2O6S. The highest BCUT2D eigenvalue weighted by atomic mass is 35.5. The van der Waals surface area contributed by atoms with Crippen molar-refractivity contribution in [3.63, 3.8) is 0 Å². The number of rotatable bonds is 12. The summed E-state index contributed by atoms with van der Waals surface area (Å²) in [4.78, 5) is 47.8. The molecule has 4 aromatic carbocycles. The average molecular weight is 730 g/mol. The SMILES string of the molecule is O=C(/C=C/c1ccc(Sc2ccc(/C=C/C(=O)NCc3ccc(C(=O)O)cc3)c(Cl)c2Cl)c(Cl)c1Cl)NCc1ccc(C(=O)O)cc1. The molecule has 0 fully saturated rings. The third kappa shape index (κ3) is 9.87. The molecule has 13 heteroatoms. The molecule has 0 atom stereocenters. The van der Waals surface area contributed by atoms with Crippen molar-refractivity contribution in [1.82, 2.24) is 10.6 Å². The van der Waals surface area contributed by atoms with Gasteiger partial charge >= 0.3 is 11.9 Å². The number of carbonyl (C=O) groups excluding carboxylic acids is 2. The summed E-state index contributed by atoms with van der Waals surface area (Å²) in [6.45, 7) is 0.426. The van der Waals surface area contributed by atoms with Crippen molar-refractivity contribution in [3.8, 4) is 0 Å². The Morgan fingerprint density at radius 2 is 0.915 bits per heavy atom. The number of halogens is 4. The molecule has 240 valence electrons. The van der Waals surface area contributed by atoms with E-state index in [1.807, 2.05) is 0 Å². The Morgan fingerprint density at radius 1 is 0.553 bits per heavy atom. The standard InChI is InChI=1S/C34H24Cl4N2O6S/c35-29-21(11-15-27(41)39-17-19-1-5-23(6-2-19)33(43)44)9-13-25(31(29)37)47-26-14-10-22(30(36)32(26)38)12-16-28(42)40-18-20-3-7-24(8-4-20)34(45)46/h1-16H,17-18H2,(H,39,41)(H,40,42)(H,43,44)(H,45,46)/b15-11+,16-12+. The molecule has 0 aliphatic carbocycles. The van der Waals surface area contributed by atoms with Crippen LogP contribution in [-0.4, -0.2) is 34.0 Å². The molecule has 8 nitrogen and oxygen atoms in total. The number of carbonyl (C=O) groups is 4. The highest BCUT2D eigenvalue weighted by Gasteiger charge is 2.15.